The van der Waals surface area contributed by atoms with Gasteiger partial charge in [-0.25, -0.2) is 0 Å². The Morgan fingerprint density at radius 3 is 2.61 bits per heavy atom. The first kappa shape index (κ1) is 14.3. The molecule has 0 bridgehead atoms. The van der Waals surface area contributed by atoms with Crippen molar-refractivity contribution < 1.29 is 0 Å². The van der Waals surface area contributed by atoms with E-state index < -0.39 is 0 Å². The minimum Gasteiger partial charge on any atom is -0.313 e. The van der Waals surface area contributed by atoms with Crippen molar-refractivity contribution in [3.05, 3.63) is 0 Å². The number of hydrogen-bond donors (Lipinski definition) is 1. The lowest BCUT2D eigenvalue weighted by molar-refractivity contribution is 0.255. The normalized spacial score (nSPS) is 35.3. The number of nitrogens with one attached hydrogen (secondary N) is 1. The van der Waals surface area contributed by atoms with Crippen molar-refractivity contribution in [3.8, 4) is 0 Å². The summed E-state index contributed by atoms with van der Waals surface area (Å²) >= 11 is 0. The zero-order chi connectivity index (χ0) is 12.8. The molecule has 1 N–H and O–H groups in total. The topological polar surface area (TPSA) is 15.3 Å². The fraction of sp³-hybridized carbons (Fsp3) is 1.00. The van der Waals surface area contributed by atoms with Gasteiger partial charge in [0.15, 0.2) is 0 Å². The van der Waals surface area contributed by atoms with Gasteiger partial charge in [-0.3, -0.25) is 0 Å². The Kier molecular flexibility index (Phi) is 5.97. The molecule has 2 fully saturated rings. The van der Waals surface area contributed by atoms with Crippen LogP contribution in [0.2, 0.25) is 0 Å². The summed E-state index contributed by atoms with van der Waals surface area (Å²) in [5, 5.41) is 3.79. The van der Waals surface area contributed by atoms with Gasteiger partial charge in [0.25, 0.3) is 0 Å². The van der Waals surface area contributed by atoms with Gasteiger partial charge in [0.2, 0.25) is 0 Å². The molecule has 1 aliphatic heterocycles. The molecule has 1 aliphatic carbocycles. The van der Waals surface area contributed by atoms with Crippen LogP contribution in [0, 0.1) is 11.8 Å². The first-order valence-electron chi connectivity index (χ1n) is 8.20. The fourth-order valence-electron chi connectivity index (χ4n) is 3.59. The van der Waals surface area contributed by atoms with Gasteiger partial charge >= 0.3 is 0 Å². The summed E-state index contributed by atoms with van der Waals surface area (Å²) in [6.45, 7) is 9.93. The van der Waals surface area contributed by atoms with E-state index in [4.69, 9.17) is 0 Å². The second-order valence-electron chi connectivity index (χ2n) is 6.80. The minimum atomic E-state index is 0.805. The van der Waals surface area contributed by atoms with E-state index in [1.54, 1.807) is 0 Å². The Hall–Kier alpha value is -0.0800. The van der Waals surface area contributed by atoms with Gasteiger partial charge in [-0.2, -0.15) is 0 Å². The molecule has 0 aromatic rings. The molecule has 0 radical (unpaired) electrons. The molecule has 1 saturated heterocycles. The van der Waals surface area contributed by atoms with E-state index in [-0.39, 0.29) is 0 Å². The maximum atomic E-state index is 3.79. The van der Waals surface area contributed by atoms with Crippen LogP contribution in [0.4, 0.5) is 0 Å². The summed E-state index contributed by atoms with van der Waals surface area (Å²) < 4.78 is 0. The first-order valence-corrected chi connectivity index (χ1v) is 8.20. The monoisotopic (exact) mass is 252 g/mol. The lowest BCUT2D eigenvalue weighted by Crippen LogP contribution is -2.39. The highest BCUT2D eigenvalue weighted by molar-refractivity contribution is 4.76. The van der Waals surface area contributed by atoms with Gasteiger partial charge in [0.05, 0.1) is 0 Å². The molecule has 3 unspecified atom stereocenters. The van der Waals surface area contributed by atoms with Crippen molar-refractivity contribution in [2.24, 2.45) is 11.8 Å². The van der Waals surface area contributed by atoms with Crippen LogP contribution in [0.3, 0.4) is 0 Å². The Labute approximate surface area is 114 Å². The van der Waals surface area contributed by atoms with E-state index in [9.17, 15) is 0 Å². The Morgan fingerprint density at radius 2 is 1.78 bits per heavy atom. The Balaban J connectivity index is 1.59. The predicted molar refractivity (Wildman–Crippen MR) is 78.9 cm³/mol. The van der Waals surface area contributed by atoms with Crippen molar-refractivity contribution in [1.29, 1.82) is 0 Å². The van der Waals surface area contributed by atoms with Crippen LogP contribution in [0.5, 0.6) is 0 Å². The SMILES string of the molecule is CC1CCCN(CCNC2CCCC(C)C2)CC1. The summed E-state index contributed by atoms with van der Waals surface area (Å²) in [7, 11) is 0. The zero-order valence-electron chi connectivity index (χ0n) is 12.5. The summed E-state index contributed by atoms with van der Waals surface area (Å²) in [5.74, 6) is 1.89. The lowest BCUT2D eigenvalue weighted by atomic mass is 9.87. The third kappa shape index (κ3) is 4.89. The van der Waals surface area contributed by atoms with E-state index in [1.807, 2.05) is 0 Å². The number of nitrogens with zero attached hydrogens (tertiary/aromatic N) is 1. The molecule has 18 heavy (non-hydrogen) atoms. The molecular formula is C16H32N2. The van der Waals surface area contributed by atoms with Crippen LogP contribution in [0.25, 0.3) is 0 Å². The van der Waals surface area contributed by atoms with Crippen LogP contribution < -0.4 is 5.32 Å². The highest BCUT2D eigenvalue weighted by Gasteiger charge is 2.18. The second-order valence-corrected chi connectivity index (χ2v) is 6.80. The predicted octanol–water partition coefficient (Wildman–Crippen LogP) is 3.28. The van der Waals surface area contributed by atoms with Crippen LogP contribution in [0.1, 0.15) is 58.8 Å². The summed E-state index contributed by atoms with van der Waals surface area (Å²) in [4.78, 5) is 2.67. The molecule has 106 valence electrons. The molecule has 3 atom stereocenters. The maximum Gasteiger partial charge on any atom is 0.0107 e. The molecule has 0 spiro atoms. The number of hydrogen-bond acceptors (Lipinski definition) is 2. The highest BCUT2D eigenvalue weighted by Crippen LogP contribution is 2.23. The molecule has 2 heteroatoms. The molecule has 0 amide bonds. The average Bonchev–Trinajstić information content (AvgIpc) is 2.55. The Bertz CT molecular complexity index is 229. The Morgan fingerprint density at radius 1 is 0.944 bits per heavy atom. The van der Waals surface area contributed by atoms with E-state index in [0.29, 0.717) is 0 Å². The van der Waals surface area contributed by atoms with Crippen molar-refractivity contribution in [2.75, 3.05) is 26.2 Å². The van der Waals surface area contributed by atoms with Crippen LogP contribution in [-0.2, 0) is 0 Å². The van der Waals surface area contributed by atoms with Gasteiger partial charge in [0, 0.05) is 19.1 Å². The zero-order valence-corrected chi connectivity index (χ0v) is 12.5. The minimum absolute atomic E-state index is 0.805. The van der Waals surface area contributed by atoms with Crippen LogP contribution in [0.15, 0.2) is 0 Å². The molecule has 1 heterocycles. The molecule has 0 aromatic heterocycles. The molecule has 2 nitrogen and oxygen atoms in total. The molecule has 1 saturated carbocycles. The van der Waals surface area contributed by atoms with E-state index in [2.05, 4.69) is 24.1 Å². The van der Waals surface area contributed by atoms with E-state index in [1.165, 1.54) is 71.1 Å². The summed E-state index contributed by atoms with van der Waals surface area (Å²) in [6, 6.07) is 0.805. The van der Waals surface area contributed by atoms with Crippen molar-refractivity contribution >= 4 is 0 Å². The standard InChI is InChI=1S/C16H32N2/c1-14-6-4-10-18(11-8-14)12-9-17-16-7-3-5-15(2)13-16/h14-17H,3-13H2,1-2H3. The fourth-order valence-corrected chi connectivity index (χ4v) is 3.59. The van der Waals surface area contributed by atoms with Gasteiger partial charge in [-0.1, -0.05) is 26.7 Å². The van der Waals surface area contributed by atoms with Gasteiger partial charge in [-0.15, -0.1) is 0 Å². The summed E-state index contributed by atoms with van der Waals surface area (Å²) in [6.07, 6.45) is 9.92. The first-order chi connectivity index (χ1) is 8.74. The number of likely N-dealkylation sites (tertiary alicyclic amines) is 1. The van der Waals surface area contributed by atoms with Crippen molar-refractivity contribution in [3.63, 3.8) is 0 Å². The van der Waals surface area contributed by atoms with Crippen molar-refractivity contribution in [2.45, 2.75) is 64.8 Å². The molecular weight excluding hydrogens is 220 g/mol. The molecule has 2 rings (SSSR count). The van der Waals surface area contributed by atoms with Crippen LogP contribution in [-0.4, -0.2) is 37.1 Å². The number of rotatable bonds is 4. The quantitative estimate of drug-likeness (QED) is 0.826. The third-order valence-electron chi connectivity index (χ3n) is 4.91. The van der Waals surface area contributed by atoms with Crippen molar-refractivity contribution in [1.82, 2.24) is 10.2 Å². The van der Waals surface area contributed by atoms with Gasteiger partial charge in [-0.05, 0) is 57.0 Å². The lowest BCUT2D eigenvalue weighted by Gasteiger charge is -2.29. The van der Waals surface area contributed by atoms with E-state index in [0.717, 1.165) is 17.9 Å². The highest BCUT2D eigenvalue weighted by atomic mass is 15.1. The van der Waals surface area contributed by atoms with Gasteiger partial charge < -0.3 is 10.2 Å². The third-order valence-corrected chi connectivity index (χ3v) is 4.91. The maximum absolute atomic E-state index is 3.79. The molecule has 2 aliphatic rings. The van der Waals surface area contributed by atoms with Crippen LogP contribution >= 0.6 is 0 Å². The largest absolute Gasteiger partial charge is 0.313 e. The van der Waals surface area contributed by atoms with Gasteiger partial charge in [0.1, 0.15) is 0 Å². The summed E-state index contributed by atoms with van der Waals surface area (Å²) in [5.41, 5.74) is 0. The second kappa shape index (κ2) is 7.49. The smallest absolute Gasteiger partial charge is 0.0107 e. The molecule has 0 aromatic carbocycles. The average molecular weight is 252 g/mol. The van der Waals surface area contributed by atoms with E-state index >= 15 is 0 Å².